The molecule has 33 heavy (non-hydrogen) atoms. The number of carbonyl (C=O) groups is 2. The van der Waals surface area contributed by atoms with Crippen LogP contribution >= 0.6 is 23.1 Å². The molecule has 1 N–H and O–H groups in total. The van der Waals surface area contributed by atoms with Crippen molar-refractivity contribution >= 4 is 40.6 Å². The Kier molecular flexibility index (Phi) is 8.51. The molecule has 0 unspecified atom stereocenters. The molecule has 0 bridgehead atoms. The molecule has 3 rings (SSSR count). The third-order valence-electron chi connectivity index (χ3n) is 4.59. The van der Waals surface area contributed by atoms with Crippen LogP contribution in [-0.2, 0) is 10.5 Å². The summed E-state index contributed by atoms with van der Waals surface area (Å²) in [5, 5.41) is 4.18. The first-order valence-electron chi connectivity index (χ1n) is 10.1. The fourth-order valence-corrected chi connectivity index (χ4v) is 4.78. The molecule has 0 atom stereocenters. The van der Waals surface area contributed by atoms with Crippen molar-refractivity contribution in [2.75, 3.05) is 18.4 Å². The number of benzene rings is 2. The normalized spacial score (nSPS) is 10.8. The monoisotopic (exact) mass is 493 g/mol. The van der Waals surface area contributed by atoms with E-state index in [-0.39, 0.29) is 12.5 Å². The second kappa shape index (κ2) is 11.3. The van der Waals surface area contributed by atoms with E-state index in [1.807, 2.05) is 31.4 Å². The smallest absolute Gasteiger partial charge is 0.254 e. The van der Waals surface area contributed by atoms with Gasteiger partial charge >= 0.3 is 0 Å². The lowest BCUT2D eigenvalue weighted by Gasteiger charge is -2.22. The maximum absolute atomic E-state index is 13.8. The Labute approximate surface area is 198 Å². The lowest BCUT2D eigenvalue weighted by molar-refractivity contribution is -0.116. The van der Waals surface area contributed by atoms with Crippen molar-refractivity contribution in [3.63, 3.8) is 0 Å². The van der Waals surface area contributed by atoms with Crippen LogP contribution in [0.3, 0.4) is 0 Å². The van der Waals surface area contributed by atoms with Crippen molar-refractivity contribution < 1.29 is 22.8 Å². The number of hydrogen-bond donors (Lipinski definition) is 1. The highest BCUT2D eigenvalue weighted by atomic mass is 32.2. The molecule has 1 aromatic heterocycles. The van der Waals surface area contributed by atoms with Gasteiger partial charge < -0.3 is 10.2 Å². The highest BCUT2D eigenvalue weighted by Crippen LogP contribution is 2.26. The predicted octanol–water partition coefficient (Wildman–Crippen LogP) is 5.65. The van der Waals surface area contributed by atoms with Gasteiger partial charge in [0, 0.05) is 28.9 Å². The average Bonchev–Trinajstić information content (AvgIpc) is 3.23. The minimum absolute atomic E-state index is 0.299. The second-order valence-corrected chi connectivity index (χ2v) is 9.32. The molecule has 0 aliphatic rings. The Hall–Kier alpha value is -2.85. The molecule has 0 saturated carbocycles. The summed E-state index contributed by atoms with van der Waals surface area (Å²) in [5.74, 6) is -4.86. The summed E-state index contributed by atoms with van der Waals surface area (Å²) in [6.07, 6.45) is 0.598. The van der Waals surface area contributed by atoms with Gasteiger partial charge in [-0.05, 0) is 43.2 Å². The summed E-state index contributed by atoms with van der Waals surface area (Å²) in [6.45, 7) is 3.74. The maximum Gasteiger partial charge on any atom is 0.254 e. The lowest BCUT2D eigenvalue weighted by atomic mass is 10.1. The number of rotatable bonds is 9. The van der Waals surface area contributed by atoms with Crippen molar-refractivity contribution in [3.8, 4) is 0 Å². The molecule has 1 heterocycles. The van der Waals surface area contributed by atoms with Crippen LogP contribution in [0.4, 0.5) is 18.9 Å². The molecule has 5 nitrogen and oxygen atoms in total. The lowest BCUT2D eigenvalue weighted by Crippen LogP contribution is -2.38. The molecular weight excluding hydrogens is 471 g/mol. The minimum Gasteiger partial charge on any atom is -0.329 e. The van der Waals surface area contributed by atoms with Gasteiger partial charge in [0.1, 0.15) is 10.9 Å². The average molecular weight is 494 g/mol. The van der Waals surface area contributed by atoms with Crippen LogP contribution in [0, 0.1) is 24.4 Å². The number of nitrogens with one attached hydrogen (secondary N) is 1. The highest BCUT2D eigenvalue weighted by molar-refractivity contribution is 8.00. The summed E-state index contributed by atoms with van der Waals surface area (Å²) in [4.78, 5) is 31.0. The maximum atomic E-state index is 13.8. The van der Waals surface area contributed by atoms with E-state index in [1.165, 1.54) is 4.90 Å². The van der Waals surface area contributed by atoms with E-state index < -0.39 is 29.0 Å². The molecule has 0 aliphatic carbocycles. The Balaban J connectivity index is 1.63. The predicted molar refractivity (Wildman–Crippen MR) is 124 cm³/mol. The van der Waals surface area contributed by atoms with Crippen molar-refractivity contribution in [3.05, 3.63) is 76.1 Å². The fraction of sp³-hybridized carbons (Fsp3) is 0.261. The minimum atomic E-state index is -1.67. The molecule has 3 aromatic rings. The third-order valence-corrected chi connectivity index (χ3v) is 6.80. The topological polar surface area (TPSA) is 62.3 Å². The van der Waals surface area contributed by atoms with E-state index in [9.17, 15) is 22.8 Å². The van der Waals surface area contributed by atoms with Crippen LogP contribution in [0.5, 0.6) is 0 Å². The molecule has 2 amide bonds. The van der Waals surface area contributed by atoms with Crippen molar-refractivity contribution in [2.24, 2.45) is 0 Å². The standard InChI is InChI=1S/C23H22F3N3O2S2/c1-3-10-29(11-19(30)28-18-9-8-17(24)20(25)21(18)26)22(31)16-6-4-15(5-7-16)13-33-23-27-14(2)12-32-23/h4-9,12H,3,10-11,13H2,1-2H3,(H,28,30). The number of nitrogens with zero attached hydrogens (tertiary/aromatic N) is 2. The molecule has 0 fully saturated rings. The number of aryl methyl sites for hydroxylation is 1. The van der Waals surface area contributed by atoms with E-state index >= 15 is 0 Å². The number of aromatic nitrogens is 1. The zero-order chi connectivity index (χ0) is 24.0. The number of anilines is 1. The van der Waals surface area contributed by atoms with Crippen LogP contribution in [-0.4, -0.2) is 34.8 Å². The quantitative estimate of drug-likeness (QED) is 0.309. The van der Waals surface area contributed by atoms with Gasteiger partial charge in [0.15, 0.2) is 17.5 Å². The van der Waals surface area contributed by atoms with Crippen molar-refractivity contribution in [2.45, 2.75) is 30.4 Å². The first-order valence-corrected chi connectivity index (χ1v) is 12.0. The SMILES string of the molecule is CCCN(CC(=O)Nc1ccc(F)c(F)c1F)C(=O)c1ccc(CSc2nc(C)cs2)cc1. The first-order chi connectivity index (χ1) is 15.8. The van der Waals surface area contributed by atoms with Gasteiger partial charge in [-0.15, -0.1) is 11.3 Å². The summed E-state index contributed by atoms with van der Waals surface area (Å²) < 4.78 is 41.3. The van der Waals surface area contributed by atoms with Gasteiger partial charge in [0.2, 0.25) is 5.91 Å². The van der Waals surface area contributed by atoms with E-state index in [2.05, 4.69) is 10.3 Å². The van der Waals surface area contributed by atoms with Gasteiger partial charge in [-0.1, -0.05) is 30.8 Å². The number of amides is 2. The molecule has 2 aromatic carbocycles. The Morgan fingerprint density at radius 3 is 2.45 bits per heavy atom. The Morgan fingerprint density at radius 1 is 1.09 bits per heavy atom. The highest BCUT2D eigenvalue weighted by Gasteiger charge is 2.20. The van der Waals surface area contributed by atoms with Gasteiger partial charge in [-0.25, -0.2) is 18.2 Å². The molecule has 10 heteroatoms. The van der Waals surface area contributed by atoms with E-state index in [4.69, 9.17) is 0 Å². The molecule has 174 valence electrons. The fourth-order valence-electron chi connectivity index (χ4n) is 2.98. The molecule has 0 saturated heterocycles. The van der Waals surface area contributed by atoms with E-state index in [1.54, 1.807) is 35.2 Å². The molecule has 0 aliphatic heterocycles. The third kappa shape index (κ3) is 6.58. The van der Waals surface area contributed by atoms with Crippen molar-refractivity contribution in [1.82, 2.24) is 9.88 Å². The molecule has 0 radical (unpaired) electrons. The molecule has 0 spiro atoms. The van der Waals surface area contributed by atoms with Crippen LogP contribution in [0.2, 0.25) is 0 Å². The van der Waals surface area contributed by atoms with E-state index in [0.29, 0.717) is 24.3 Å². The summed E-state index contributed by atoms with van der Waals surface area (Å²) in [7, 11) is 0. The summed E-state index contributed by atoms with van der Waals surface area (Å²) in [5.41, 5.74) is 1.93. The first kappa shape index (κ1) is 24.8. The number of carbonyl (C=O) groups excluding carboxylic acids is 2. The number of hydrogen-bond acceptors (Lipinski definition) is 5. The Bertz CT molecular complexity index is 1140. The number of thioether (sulfide) groups is 1. The summed E-state index contributed by atoms with van der Waals surface area (Å²) >= 11 is 3.20. The zero-order valence-corrected chi connectivity index (χ0v) is 19.7. The largest absolute Gasteiger partial charge is 0.329 e. The number of halogens is 3. The van der Waals surface area contributed by atoms with Crippen molar-refractivity contribution in [1.29, 1.82) is 0 Å². The van der Waals surface area contributed by atoms with Crippen LogP contribution < -0.4 is 5.32 Å². The van der Waals surface area contributed by atoms with Gasteiger partial charge in [0.05, 0.1) is 5.69 Å². The van der Waals surface area contributed by atoms with Crippen LogP contribution in [0.25, 0.3) is 0 Å². The molecular formula is C23H22F3N3O2S2. The van der Waals surface area contributed by atoms with Crippen LogP contribution in [0.15, 0.2) is 46.1 Å². The van der Waals surface area contributed by atoms with E-state index in [0.717, 1.165) is 27.7 Å². The van der Waals surface area contributed by atoms with Gasteiger partial charge in [-0.3, -0.25) is 9.59 Å². The second-order valence-electron chi connectivity index (χ2n) is 7.24. The van der Waals surface area contributed by atoms with Crippen LogP contribution in [0.1, 0.15) is 35.0 Å². The number of thiazole rings is 1. The Morgan fingerprint density at radius 2 is 1.82 bits per heavy atom. The van der Waals surface area contributed by atoms with Gasteiger partial charge in [0.25, 0.3) is 5.91 Å². The van der Waals surface area contributed by atoms with Gasteiger partial charge in [-0.2, -0.15) is 0 Å². The summed E-state index contributed by atoms with van der Waals surface area (Å²) in [6, 6.07) is 8.74. The zero-order valence-electron chi connectivity index (χ0n) is 18.0.